The van der Waals surface area contributed by atoms with E-state index in [9.17, 15) is 22.8 Å². The molecule has 0 saturated carbocycles. The van der Waals surface area contributed by atoms with Crippen LogP contribution in [0, 0.1) is 12.3 Å². The first kappa shape index (κ1) is 24.3. The predicted molar refractivity (Wildman–Crippen MR) is 109 cm³/mol. The molecule has 2 aliphatic heterocycles. The van der Waals surface area contributed by atoms with Crippen molar-refractivity contribution in [1.29, 1.82) is 0 Å². The lowest BCUT2D eigenvalue weighted by Gasteiger charge is -2.38. The molecule has 4 heterocycles. The van der Waals surface area contributed by atoms with Gasteiger partial charge in [0.1, 0.15) is 5.76 Å². The third-order valence-corrected chi connectivity index (χ3v) is 5.76. The lowest BCUT2D eigenvalue weighted by atomic mass is 9.78. The van der Waals surface area contributed by atoms with E-state index >= 15 is 0 Å². The smallest absolute Gasteiger partial charge is 0.475 e. The van der Waals surface area contributed by atoms with Crippen molar-refractivity contribution in [2.24, 2.45) is 5.41 Å². The molecule has 2 aliphatic rings. The number of carboxylic acid groups (broad SMARTS) is 1. The molecule has 1 spiro atoms. The zero-order valence-corrected chi connectivity index (χ0v) is 18.0. The molecule has 2 aromatic rings. The molecule has 4 rings (SSSR count). The van der Waals surface area contributed by atoms with Gasteiger partial charge < -0.3 is 19.3 Å². The Kier molecular flexibility index (Phi) is 7.09. The molecular weight excluding hydrogens is 443 g/mol. The van der Waals surface area contributed by atoms with E-state index in [4.69, 9.17) is 14.3 Å². The Morgan fingerprint density at radius 2 is 1.94 bits per heavy atom. The standard InChI is InChI=1S/C20H23N3O3.C2HF3O2/c1-15-5-6-17(26-15)18(24)23-10-3-7-20(14-23)8-11-22(19(20)25)13-16-4-2-9-21-12-16;3-2(4,5)1(6)7/h2,4-6,9,12H,3,7-8,10-11,13-14H2,1H3;(H,6,7). The number of hydrogen-bond acceptors (Lipinski definition) is 5. The molecule has 1 N–H and O–H groups in total. The number of amides is 2. The number of carbonyl (C=O) groups is 3. The van der Waals surface area contributed by atoms with Crippen molar-refractivity contribution in [3.05, 3.63) is 53.7 Å². The van der Waals surface area contributed by atoms with Crippen LogP contribution in [0.2, 0.25) is 0 Å². The molecule has 2 amide bonds. The minimum atomic E-state index is -5.08. The van der Waals surface area contributed by atoms with Crippen LogP contribution in [0.1, 0.15) is 41.1 Å². The molecule has 11 heteroatoms. The van der Waals surface area contributed by atoms with Gasteiger partial charge in [-0.2, -0.15) is 13.2 Å². The fraction of sp³-hybridized carbons (Fsp3) is 0.455. The number of aromatic nitrogens is 1. The number of carbonyl (C=O) groups excluding carboxylic acids is 2. The maximum absolute atomic E-state index is 13.1. The van der Waals surface area contributed by atoms with E-state index in [0.29, 0.717) is 25.4 Å². The quantitative estimate of drug-likeness (QED) is 0.743. The van der Waals surface area contributed by atoms with E-state index in [-0.39, 0.29) is 11.8 Å². The second-order valence-electron chi connectivity index (χ2n) is 8.16. The third kappa shape index (κ3) is 5.71. The Hall–Kier alpha value is -3.37. The average molecular weight is 467 g/mol. The number of aryl methyl sites for hydroxylation is 1. The van der Waals surface area contributed by atoms with Crippen molar-refractivity contribution in [2.45, 2.75) is 38.9 Å². The fourth-order valence-electron chi connectivity index (χ4n) is 4.14. The van der Waals surface area contributed by atoms with Gasteiger partial charge in [-0.15, -0.1) is 0 Å². The van der Waals surface area contributed by atoms with E-state index in [2.05, 4.69) is 4.98 Å². The largest absolute Gasteiger partial charge is 0.490 e. The molecule has 178 valence electrons. The van der Waals surface area contributed by atoms with E-state index < -0.39 is 17.6 Å². The lowest BCUT2D eigenvalue weighted by Crippen LogP contribution is -2.49. The molecule has 2 saturated heterocycles. The van der Waals surface area contributed by atoms with Gasteiger partial charge >= 0.3 is 12.1 Å². The summed E-state index contributed by atoms with van der Waals surface area (Å²) in [7, 11) is 0. The topological polar surface area (TPSA) is 104 Å². The summed E-state index contributed by atoms with van der Waals surface area (Å²) in [6.45, 7) is 4.30. The van der Waals surface area contributed by atoms with Gasteiger partial charge in [0.15, 0.2) is 5.76 Å². The first-order chi connectivity index (χ1) is 15.5. The minimum Gasteiger partial charge on any atom is -0.475 e. The second kappa shape index (κ2) is 9.63. The van der Waals surface area contributed by atoms with Crippen LogP contribution in [0.5, 0.6) is 0 Å². The van der Waals surface area contributed by atoms with Crippen molar-refractivity contribution in [1.82, 2.24) is 14.8 Å². The van der Waals surface area contributed by atoms with Crippen LogP contribution in [-0.2, 0) is 16.1 Å². The Labute approximate surface area is 188 Å². The Morgan fingerprint density at radius 3 is 2.52 bits per heavy atom. The van der Waals surface area contributed by atoms with E-state index in [1.165, 1.54) is 0 Å². The third-order valence-electron chi connectivity index (χ3n) is 5.76. The molecule has 0 aromatic carbocycles. The number of likely N-dealkylation sites (tertiary alicyclic amines) is 2. The van der Waals surface area contributed by atoms with Crippen LogP contribution >= 0.6 is 0 Å². The van der Waals surface area contributed by atoms with Crippen LogP contribution in [0.3, 0.4) is 0 Å². The SMILES string of the molecule is Cc1ccc(C(=O)N2CCCC3(CCN(Cc4cccnc4)C3=O)C2)o1.O=C(O)C(F)(F)F. The van der Waals surface area contributed by atoms with Crippen molar-refractivity contribution < 1.29 is 37.1 Å². The first-order valence-electron chi connectivity index (χ1n) is 10.4. The molecule has 1 atom stereocenters. The van der Waals surface area contributed by atoms with Gasteiger partial charge in [0.2, 0.25) is 5.91 Å². The molecular formula is C22H24F3N3O5. The van der Waals surface area contributed by atoms with Gasteiger partial charge in [-0.25, -0.2) is 4.79 Å². The molecule has 2 fully saturated rings. The summed E-state index contributed by atoms with van der Waals surface area (Å²) in [6, 6.07) is 7.38. The molecule has 2 aromatic heterocycles. The number of alkyl halides is 3. The van der Waals surface area contributed by atoms with E-state index in [1.54, 1.807) is 29.4 Å². The number of hydrogen-bond donors (Lipinski definition) is 1. The van der Waals surface area contributed by atoms with Crippen LogP contribution in [0.4, 0.5) is 13.2 Å². The summed E-state index contributed by atoms with van der Waals surface area (Å²) >= 11 is 0. The number of rotatable bonds is 3. The van der Waals surface area contributed by atoms with Gasteiger partial charge in [-0.05, 0) is 49.9 Å². The summed E-state index contributed by atoms with van der Waals surface area (Å²) in [5.41, 5.74) is 0.588. The number of halogens is 3. The lowest BCUT2D eigenvalue weighted by molar-refractivity contribution is -0.192. The number of aliphatic carboxylic acids is 1. The van der Waals surface area contributed by atoms with E-state index in [0.717, 1.165) is 37.1 Å². The van der Waals surface area contributed by atoms with Gasteiger partial charge in [0.05, 0.1) is 5.41 Å². The van der Waals surface area contributed by atoms with Crippen LogP contribution in [-0.4, -0.2) is 63.5 Å². The summed E-state index contributed by atoms with van der Waals surface area (Å²) in [5, 5.41) is 7.12. The molecule has 33 heavy (non-hydrogen) atoms. The summed E-state index contributed by atoms with van der Waals surface area (Å²) in [4.78, 5) is 42.6. The van der Waals surface area contributed by atoms with Gasteiger partial charge in [-0.3, -0.25) is 14.6 Å². The number of carboxylic acids is 1. The van der Waals surface area contributed by atoms with Crippen LogP contribution in [0.25, 0.3) is 0 Å². The number of piperidine rings is 1. The van der Waals surface area contributed by atoms with Gasteiger partial charge in [0, 0.05) is 38.6 Å². The molecule has 0 radical (unpaired) electrons. The Bertz CT molecular complexity index is 1010. The van der Waals surface area contributed by atoms with Crippen molar-refractivity contribution in [2.75, 3.05) is 19.6 Å². The van der Waals surface area contributed by atoms with Crippen molar-refractivity contribution >= 4 is 17.8 Å². The number of furan rings is 1. The number of nitrogens with zero attached hydrogens (tertiary/aromatic N) is 3. The van der Waals surface area contributed by atoms with Gasteiger partial charge in [0.25, 0.3) is 5.91 Å². The summed E-state index contributed by atoms with van der Waals surface area (Å²) in [5.74, 6) is -1.63. The highest BCUT2D eigenvalue weighted by atomic mass is 19.4. The zero-order valence-electron chi connectivity index (χ0n) is 18.0. The molecule has 0 bridgehead atoms. The monoisotopic (exact) mass is 467 g/mol. The highest BCUT2D eigenvalue weighted by Gasteiger charge is 2.49. The van der Waals surface area contributed by atoms with Crippen molar-refractivity contribution in [3.8, 4) is 0 Å². The second-order valence-corrected chi connectivity index (χ2v) is 8.16. The maximum Gasteiger partial charge on any atom is 0.490 e. The molecule has 0 aliphatic carbocycles. The van der Waals surface area contributed by atoms with Gasteiger partial charge in [-0.1, -0.05) is 6.07 Å². The molecule has 8 nitrogen and oxygen atoms in total. The maximum atomic E-state index is 13.1. The van der Waals surface area contributed by atoms with Crippen molar-refractivity contribution in [3.63, 3.8) is 0 Å². The summed E-state index contributed by atoms with van der Waals surface area (Å²) in [6.07, 6.45) is 0.938. The molecule has 1 unspecified atom stereocenters. The fourth-order valence-corrected chi connectivity index (χ4v) is 4.14. The van der Waals surface area contributed by atoms with Crippen LogP contribution in [0.15, 0.2) is 41.1 Å². The van der Waals surface area contributed by atoms with Crippen LogP contribution < -0.4 is 0 Å². The normalized spacial score (nSPS) is 20.5. The highest BCUT2D eigenvalue weighted by molar-refractivity contribution is 5.93. The van der Waals surface area contributed by atoms with E-state index in [1.807, 2.05) is 24.0 Å². The average Bonchev–Trinajstić information content (AvgIpc) is 3.33. The Morgan fingerprint density at radius 1 is 1.21 bits per heavy atom. The Balaban J connectivity index is 0.000000383. The highest BCUT2D eigenvalue weighted by Crippen LogP contribution is 2.41. The predicted octanol–water partition coefficient (Wildman–Crippen LogP) is 3.27. The first-order valence-corrected chi connectivity index (χ1v) is 10.4. The number of pyridine rings is 1. The minimum absolute atomic E-state index is 0.115. The zero-order chi connectivity index (χ0) is 24.2. The summed E-state index contributed by atoms with van der Waals surface area (Å²) < 4.78 is 37.2.